The summed E-state index contributed by atoms with van der Waals surface area (Å²) >= 11 is 0. The number of amides is 1. The first-order chi connectivity index (χ1) is 13.3. The van der Waals surface area contributed by atoms with Crippen molar-refractivity contribution in [1.29, 1.82) is 0 Å². The van der Waals surface area contributed by atoms with Crippen molar-refractivity contribution in [2.24, 2.45) is 11.3 Å². The van der Waals surface area contributed by atoms with Gasteiger partial charge in [-0.3, -0.25) is 4.79 Å². The molecule has 0 aromatic carbocycles. The van der Waals surface area contributed by atoms with Crippen LogP contribution in [0.3, 0.4) is 0 Å². The number of carbonyl (C=O) groups is 1. The largest absolute Gasteiger partial charge is 0.381 e. The molecule has 2 saturated heterocycles. The third-order valence-electron chi connectivity index (χ3n) is 5.18. The van der Waals surface area contributed by atoms with Crippen molar-refractivity contribution in [1.82, 2.24) is 4.98 Å². The fourth-order valence-corrected chi connectivity index (χ4v) is 3.67. The number of ether oxygens (including phenoxy) is 1. The van der Waals surface area contributed by atoms with Gasteiger partial charge in [-0.05, 0) is 42.7 Å². The van der Waals surface area contributed by atoms with Crippen molar-refractivity contribution in [2.45, 2.75) is 52.6 Å². The minimum Gasteiger partial charge on any atom is -0.381 e. The number of pyridine rings is 1. The first-order valence-electron chi connectivity index (χ1n) is 10.3. The molecule has 1 aromatic heterocycles. The van der Waals surface area contributed by atoms with Crippen molar-refractivity contribution in [3.63, 3.8) is 0 Å². The molecule has 6 nitrogen and oxygen atoms in total. The molecule has 0 aliphatic carbocycles. The van der Waals surface area contributed by atoms with Gasteiger partial charge in [-0.25, -0.2) is 9.37 Å². The van der Waals surface area contributed by atoms with Crippen molar-refractivity contribution >= 4 is 23.2 Å². The van der Waals surface area contributed by atoms with Gasteiger partial charge in [-0.2, -0.15) is 0 Å². The lowest BCUT2D eigenvalue weighted by molar-refractivity contribution is -0.117. The standard InChI is InChI=1S/C21H33FN4O2/c1-21(2,3)12-19(27)24-17-4-5-18(23-13-15-7-10-28-11-8-15)25-20(17)26-9-6-16(22)14-26/h4-5,15-16H,6-14H2,1-3H3,(H,23,25)(H,24,27)/t16-/m1/s1. The van der Waals surface area contributed by atoms with E-state index in [1.54, 1.807) is 0 Å². The molecule has 0 radical (unpaired) electrons. The topological polar surface area (TPSA) is 66.5 Å². The maximum atomic E-state index is 13.8. The van der Waals surface area contributed by atoms with E-state index in [1.807, 2.05) is 37.8 Å². The van der Waals surface area contributed by atoms with Gasteiger partial charge >= 0.3 is 0 Å². The summed E-state index contributed by atoms with van der Waals surface area (Å²) in [7, 11) is 0. The van der Waals surface area contributed by atoms with Crippen LogP contribution in [0.1, 0.15) is 46.5 Å². The van der Waals surface area contributed by atoms with Gasteiger partial charge in [0.25, 0.3) is 0 Å². The zero-order valence-corrected chi connectivity index (χ0v) is 17.3. The Bertz CT molecular complexity index is 671. The summed E-state index contributed by atoms with van der Waals surface area (Å²) in [5.41, 5.74) is 0.556. The predicted octanol–water partition coefficient (Wildman–Crippen LogP) is 3.84. The van der Waals surface area contributed by atoms with E-state index in [1.165, 1.54) is 0 Å². The zero-order chi connectivity index (χ0) is 20.1. The van der Waals surface area contributed by atoms with Crippen LogP contribution in [0.25, 0.3) is 0 Å². The lowest BCUT2D eigenvalue weighted by Gasteiger charge is -2.24. The highest BCUT2D eigenvalue weighted by Crippen LogP contribution is 2.30. The second-order valence-electron chi connectivity index (χ2n) is 9.12. The molecule has 2 N–H and O–H groups in total. The summed E-state index contributed by atoms with van der Waals surface area (Å²) in [5, 5.41) is 6.39. The first-order valence-corrected chi connectivity index (χ1v) is 10.3. The van der Waals surface area contributed by atoms with Crippen LogP contribution in [0.5, 0.6) is 0 Å². The van der Waals surface area contributed by atoms with Crippen molar-refractivity contribution in [3.8, 4) is 0 Å². The Morgan fingerprint density at radius 3 is 2.68 bits per heavy atom. The van der Waals surface area contributed by atoms with Crippen LogP contribution in [0.2, 0.25) is 0 Å². The Morgan fingerprint density at radius 1 is 1.29 bits per heavy atom. The number of alkyl halides is 1. The summed E-state index contributed by atoms with van der Waals surface area (Å²) < 4.78 is 19.2. The maximum absolute atomic E-state index is 13.8. The molecule has 156 valence electrons. The molecule has 2 aliphatic heterocycles. The van der Waals surface area contributed by atoms with E-state index in [0.29, 0.717) is 43.4 Å². The van der Waals surface area contributed by atoms with E-state index in [4.69, 9.17) is 9.72 Å². The normalized spacial score (nSPS) is 21.0. The highest BCUT2D eigenvalue weighted by atomic mass is 19.1. The summed E-state index contributed by atoms with van der Waals surface area (Å²) in [6.07, 6.45) is 2.17. The van der Waals surface area contributed by atoms with Crippen LogP contribution in [0.4, 0.5) is 21.7 Å². The van der Waals surface area contributed by atoms with Crippen molar-refractivity contribution in [2.75, 3.05) is 48.4 Å². The van der Waals surface area contributed by atoms with Gasteiger partial charge in [0.15, 0.2) is 5.82 Å². The summed E-state index contributed by atoms with van der Waals surface area (Å²) in [6, 6.07) is 3.76. The fourth-order valence-electron chi connectivity index (χ4n) is 3.67. The Kier molecular flexibility index (Phi) is 6.75. The summed E-state index contributed by atoms with van der Waals surface area (Å²) in [5.74, 6) is 1.94. The zero-order valence-electron chi connectivity index (χ0n) is 17.3. The lowest BCUT2D eigenvalue weighted by atomic mass is 9.92. The van der Waals surface area contributed by atoms with Crippen molar-refractivity contribution < 1.29 is 13.9 Å². The molecule has 0 bridgehead atoms. The smallest absolute Gasteiger partial charge is 0.224 e. The molecular formula is C21H33FN4O2. The Labute approximate surface area is 167 Å². The molecule has 0 unspecified atom stereocenters. The van der Waals surface area contributed by atoms with Gasteiger partial charge in [0.05, 0.1) is 12.2 Å². The quantitative estimate of drug-likeness (QED) is 0.770. The Hall–Kier alpha value is -1.89. The second kappa shape index (κ2) is 9.07. The Morgan fingerprint density at radius 2 is 2.04 bits per heavy atom. The predicted molar refractivity (Wildman–Crippen MR) is 111 cm³/mol. The number of carbonyl (C=O) groups excluding carboxylic acids is 1. The molecular weight excluding hydrogens is 359 g/mol. The van der Waals surface area contributed by atoms with Crippen LogP contribution in [0, 0.1) is 11.3 Å². The SMILES string of the molecule is CC(C)(C)CC(=O)Nc1ccc(NCC2CCOCC2)nc1N1CC[C@@H](F)C1. The number of rotatable bonds is 6. The molecule has 1 amide bonds. The number of nitrogens with one attached hydrogen (secondary N) is 2. The average molecular weight is 393 g/mol. The summed E-state index contributed by atoms with van der Waals surface area (Å²) in [4.78, 5) is 19.1. The number of nitrogens with zero attached hydrogens (tertiary/aromatic N) is 2. The van der Waals surface area contributed by atoms with Crippen LogP contribution in [-0.2, 0) is 9.53 Å². The second-order valence-corrected chi connectivity index (χ2v) is 9.12. The average Bonchev–Trinajstić information content (AvgIpc) is 3.06. The monoisotopic (exact) mass is 392 g/mol. The molecule has 7 heteroatoms. The maximum Gasteiger partial charge on any atom is 0.224 e. The number of aromatic nitrogens is 1. The minimum absolute atomic E-state index is 0.0468. The highest BCUT2D eigenvalue weighted by Gasteiger charge is 2.26. The van der Waals surface area contributed by atoms with Crippen molar-refractivity contribution in [3.05, 3.63) is 12.1 Å². The van der Waals surface area contributed by atoms with E-state index in [0.717, 1.165) is 38.4 Å². The van der Waals surface area contributed by atoms with E-state index in [9.17, 15) is 9.18 Å². The minimum atomic E-state index is -0.848. The molecule has 3 heterocycles. The Balaban J connectivity index is 1.72. The van der Waals surface area contributed by atoms with E-state index in [2.05, 4.69) is 10.6 Å². The lowest BCUT2D eigenvalue weighted by Crippen LogP contribution is -2.26. The van der Waals surface area contributed by atoms with E-state index >= 15 is 0 Å². The molecule has 0 spiro atoms. The van der Waals surface area contributed by atoms with Gasteiger partial charge in [-0.1, -0.05) is 20.8 Å². The molecule has 3 rings (SSSR count). The van der Waals surface area contributed by atoms with Gasteiger partial charge < -0.3 is 20.3 Å². The number of anilines is 3. The van der Waals surface area contributed by atoms with Crippen LogP contribution >= 0.6 is 0 Å². The highest BCUT2D eigenvalue weighted by molar-refractivity contribution is 5.94. The van der Waals surface area contributed by atoms with Crippen LogP contribution in [-0.4, -0.2) is 49.9 Å². The molecule has 2 aliphatic rings. The number of hydrogen-bond acceptors (Lipinski definition) is 5. The molecule has 2 fully saturated rings. The van der Waals surface area contributed by atoms with Gasteiger partial charge in [-0.15, -0.1) is 0 Å². The third-order valence-corrected chi connectivity index (χ3v) is 5.18. The van der Waals surface area contributed by atoms with Gasteiger partial charge in [0.1, 0.15) is 12.0 Å². The first kappa shape index (κ1) is 20.8. The van der Waals surface area contributed by atoms with E-state index < -0.39 is 6.17 Å². The van der Waals surface area contributed by atoms with Gasteiger partial charge in [0, 0.05) is 32.7 Å². The molecule has 1 atom stereocenters. The molecule has 28 heavy (non-hydrogen) atoms. The van der Waals surface area contributed by atoms with Crippen LogP contribution in [0.15, 0.2) is 12.1 Å². The van der Waals surface area contributed by atoms with Gasteiger partial charge in [0.2, 0.25) is 5.91 Å². The number of hydrogen-bond donors (Lipinski definition) is 2. The van der Waals surface area contributed by atoms with E-state index in [-0.39, 0.29) is 11.3 Å². The summed E-state index contributed by atoms with van der Waals surface area (Å²) in [6.45, 7) is 9.50. The third kappa shape index (κ3) is 6.06. The molecule has 1 aromatic rings. The van der Waals surface area contributed by atoms with Crippen LogP contribution < -0.4 is 15.5 Å². The molecule has 0 saturated carbocycles. The fraction of sp³-hybridized carbons (Fsp3) is 0.714. The number of halogens is 1.